The van der Waals surface area contributed by atoms with Crippen LogP contribution < -0.4 is 30.8 Å². The van der Waals surface area contributed by atoms with Crippen molar-refractivity contribution in [2.24, 2.45) is 0 Å². The zero-order valence-electron chi connectivity index (χ0n) is 24.9. The number of nitrogens with zero attached hydrogens (tertiary/aromatic N) is 2. The summed E-state index contributed by atoms with van der Waals surface area (Å²) in [5.74, 6) is 0.552. The van der Waals surface area contributed by atoms with E-state index in [1.807, 2.05) is 12.1 Å². The highest BCUT2D eigenvalue weighted by Crippen LogP contribution is 2.37. The van der Waals surface area contributed by atoms with Gasteiger partial charge < -0.3 is 29.6 Å². The van der Waals surface area contributed by atoms with Gasteiger partial charge in [0.05, 0.1) is 28.3 Å². The Morgan fingerprint density at radius 1 is 0.682 bits per heavy atom. The van der Waals surface area contributed by atoms with Crippen LogP contribution in [-0.2, 0) is 0 Å². The van der Waals surface area contributed by atoms with E-state index in [0.29, 0.717) is 41.1 Å². The first-order valence-electron chi connectivity index (χ1n) is 15.8. The molecule has 0 radical (unpaired) electrons. The third kappa shape index (κ3) is 5.76. The van der Waals surface area contributed by atoms with Crippen molar-refractivity contribution >= 4 is 39.5 Å². The SMILES string of the molecule is O=C1C(=C(CNc2ccccc2N2CCCCC2)CNc2ccccc2N2CCCCC2)Oc2cc3oc(=O)ccc3cc21. The minimum absolute atomic E-state index is 0.166. The number of ether oxygens (including phenoxy) is 1. The molecular weight excluding hydrogens is 552 g/mol. The summed E-state index contributed by atoms with van der Waals surface area (Å²) in [5, 5.41) is 7.98. The van der Waals surface area contributed by atoms with Gasteiger partial charge in [-0.2, -0.15) is 0 Å². The predicted octanol–water partition coefficient (Wildman–Crippen LogP) is 6.83. The Morgan fingerprint density at radius 3 is 1.84 bits per heavy atom. The van der Waals surface area contributed by atoms with Crippen LogP contribution in [0.25, 0.3) is 11.0 Å². The molecule has 0 atom stereocenters. The third-order valence-corrected chi connectivity index (χ3v) is 8.89. The first kappa shape index (κ1) is 28.1. The second-order valence-corrected chi connectivity index (χ2v) is 11.8. The van der Waals surface area contributed by atoms with Gasteiger partial charge in [0.2, 0.25) is 5.78 Å². The molecular formula is C36H38N4O4. The molecule has 1 aromatic heterocycles. The molecule has 2 saturated heterocycles. The maximum atomic E-state index is 13.9. The average Bonchev–Trinajstić information content (AvgIpc) is 3.39. The molecule has 3 aromatic carbocycles. The number of nitrogens with one attached hydrogen (secondary N) is 2. The lowest BCUT2D eigenvalue weighted by atomic mass is 10.0. The van der Waals surface area contributed by atoms with Crippen LogP contribution in [0.3, 0.4) is 0 Å². The van der Waals surface area contributed by atoms with E-state index in [0.717, 1.165) is 43.1 Å². The standard InChI is InChI=1S/C36H38N4O4/c41-34-16-15-25-21-27-33(22-32(25)43-34)44-36(35(27)42)26(23-37-28-11-3-5-13-30(28)39-17-7-1-8-18-39)24-38-29-12-4-6-14-31(29)40-19-9-2-10-20-40/h3-6,11-16,21-22,37-38H,1-2,7-10,17-20,23-24H2. The van der Waals surface area contributed by atoms with Crippen molar-refractivity contribution in [3.63, 3.8) is 0 Å². The number of Topliss-reactive ketones (excluding diaryl/α,β-unsaturated/α-hetero) is 1. The number of benzene rings is 3. The summed E-state index contributed by atoms with van der Waals surface area (Å²) in [6.07, 6.45) is 7.31. The lowest BCUT2D eigenvalue weighted by molar-refractivity contribution is 0.101. The van der Waals surface area contributed by atoms with E-state index in [9.17, 15) is 9.59 Å². The molecule has 2 fully saturated rings. The highest BCUT2D eigenvalue weighted by atomic mass is 16.5. The van der Waals surface area contributed by atoms with Gasteiger partial charge in [0, 0.05) is 62.4 Å². The van der Waals surface area contributed by atoms with Crippen LogP contribution in [0.1, 0.15) is 48.9 Å². The molecule has 0 aliphatic carbocycles. The molecule has 44 heavy (non-hydrogen) atoms. The smallest absolute Gasteiger partial charge is 0.336 e. The van der Waals surface area contributed by atoms with Crippen molar-refractivity contribution in [2.45, 2.75) is 38.5 Å². The van der Waals surface area contributed by atoms with E-state index in [2.05, 4.69) is 56.8 Å². The number of fused-ring (bicyclic) bond motifs is 2. The Hall–Kier alpha value is -4.72. The van der Waals surface area contributed by atoms with E-state index >= 15 is 0 Å². The van der Waals surface area contributed by atoms with Crippen molar-refractivity contribution in [1.29, 1.82) is 0 Å². The minimum Gasteiger partial charge on any atom is -0.452 e. The molecule has 4 aromatic rings. The van der Waals surface area contributed by atoms with Crippen LogP contribution in [0.5, 0.6) is 5.75 Å². The number of para-hydroxylation sites is 4. The number of hydrogen-bond donors (Lipinski definition) is 2. The molecule has 3 aliphatic rings. The highest BCUT2D eigenvalue weighted by Gasteiger charge is 2.31. The highest BCUT2D eigenvalue weighted by molar-refractivity contribution is 6.14. The van der Waals surface area contributed by atoms with E-state index in [1.54, 1.807) is 18.2 Å². The van der Waals surface area contributed by atoms with Gasteiger partial charge in [0.1, 0.15) is 11.3 Å². The number of anilines is 4. The summed E-state index contributed by atoms with van der Waals surface area (Å²) in [6, 6.07) is 23.2. The quantitative estimate of drug-likeness (QED) is 0.171. The number of rotatable bonds is 8. The second-order valence-electron chi connectivity index (χ2n) is 11.8. The number of carbonyl (C=O) groups excluding carboxylic acids is 1. The lowest BCUT2D eigenvalue weighted by Gasteiger charge is -2.31. The van der Waals surface area contributed by atoms with E-state index < -0.39 is 5.63 Å². The molecule has 8 nitrogen and oxygen atoms in total. The van der Waals surface area contributed by atoms with Crippen molar-refractivity contribution in [3.05, 3.63) is 100 Å². The molecule has 0 bridgehead atoms. The van der Waals surface area contributed by atoms with Gasteiger partial charge in [-0.25, -0.2) is 4.79 Å². The van der Waals surface area contributed by atoms with Gasteiger partial charge >= 0.3 is 5.63 Å². The number of hydrogen-bond acceptors (Lipinski definition) is 8. The first-order valence-corrected chi connectivity index (χ1v) is 15.8. The molecule has 0 amide bonds. The Kier molecular flexibility index (Phi) is 7.97. The van der Waals surface area contributed by atoms with Gasteiger partial charge in [-0.1, -0.05) is 24.3 Å². The predicted molar refractivity (Wildman–Crippen MR) is 176 cm³/mol. The number of piperidine rings is 2. The van der Waals surface area contributed by atoms with Gasteiger partial charge in [-0.15, -0.1) is 0 Å². The fourth-order valence-electron chi connectivity index (χ4n) is 6.56. The van der Waals surface area contributed by atoms with Crippen molar-refractivity contribution in [3.8, 4) is 5.75 Å². The summed E-state index contributed by atoms with van der Waals surface area (Å²) in [5.41, 5.74) is 5.69. The maximum absolute atomic E-state index is 13.9. The third-order valence-electron chi connectivity index (χ3n) is 8.89. The Bertz CT molecular complexity index is 1700. The van der Waals surface area contributed by atoms with Gasteiger partial charge in [0.25, 0.3) is 0 Å². The number of carbonyl (C=O) groups is 1. The fraction of sp³-hybridized carbons (Fsp3) is 0.333. The van der Waals surface area contributed by atoms with Gasteiger partial charge in [-0.05, 0) is 74.9 Å². The van der Waals surface area contributed by atoms with Crippen molar-refractivity contribution in [2.75, 3.05) is 59.7 Å². The van der Waals surface area contributed by atoms with Crippen molar-refractivity contribution < 1.29 is 13.9 Å². The molecule has 2 N–H and O–H groups in total. The van der Waals surface area contributed by atoms with Crippen LogP contribution in [0.4, 0.5) is 22.7 Å². The zero-order valence-corrected chi connectivity index (χ0v) is 24.9. The summed E-state index contributed by atoms with van der Waals surface area (Å²) >= 11 is 0. The molecule has 226 valence electrons. The topological polar surface area (TPSA) is 87.1 Å². The largest absolute Gasteiger partial charge is 0.452 e. The molecule has 0 spiro atoms. The molecule has 3 aliphatic heterocycles. The second kappa shape index (κ2) is 12.5. The fourth-order valence-corrected chi connectivity index (χ4v) is 6.56. The average molecular weight is 591 g/mol. The minimum atomic E-state index is -0.439. The normalized spacial score (nSPS) is 16.5. The summed E-state index contributed by atoms with van der Waals surface area (Å²) in [7, 11) is 0. The number of allylic oxidation sites excluding steroid dienone is 1. The first-order chi connectivity index (χ1) is 21.6. The summed E-state index contributed by atoms with van der Waals surface area (Å²) in [6.45, 7) is 5.02. The molecule has 0 unspecified atom stereocenters. The lowest BCUT2D eigenvalue weighted by Crippen LogP contribution is -2.30. The monoisotopic (exact) mass is 590 g/mol. The zero-order chi connectivity index (χ0) is 29.9. The molecule has 4 heterocycles. The summed E-state index contributed by atoms with van der Waals surface area (Å²) in [4.78, 5) is 30.6. The van der Waals surface area contributed by atoms with E-state index in [1.165, 1.54) is 56.0 Å². The van der Waals surface area contributed by atoms with Crippen LogP contribution in [0.15, 0.2) is 93.3 Å². The maximum Gasteiger partial charge on any atom is 0.336 e. The number of ketones is 1. The molecule has 0 saturated carbocycles. The van der Waals surface area contributed by atoms with Crippen molar-refractivity contribution in [1.82, 2.24) is 0 Å². The van der Waals surface area contributed by atoms with E-state index in [-0.39, 0.29) is 5.78 Å². The van der Waals surface area contributed by atoms with E-state index in [4.69, 9.17) is 9.15 Å². The van der Waals surface area contributed by atoms with Crippen LogP contribution in [0.2, 0.25) is 0 Å². The Balaban J connectivity index is 1.21. The molecule has 8 heteroatoms. The van der Waals surface area contributed by atoms with Gasteiger partial charge in [0.15, 0.2) is 5.76 Å². The molecule has 7 rings (SSSR count). The Labute approximate surface area is 257 Å². The Morgan fingerprint density at radius 2 is 1.25 bits per heavy atom. The summed E-state index contributed by atoms with van der Waals surface area (Å²) < 4.78 is 11.6. The van der Waals surface area contributed by atoms with Crippen LogP contribution >= 0.6 is 0 Å². The van der Waals surface area contributed by atoms with Gasteiger partial charge in [-0.3, -0.25) is 4.79 Å². The van der Waals surface area contributed by atoms with Crippen LogP contribution in [-0.4, -0.2) is 45.1 Å². The van der Waals surface area contributed by atoms with Crippen LogP contribution in [0, 0.1) is 0 Å².